The van der Waals surface area contributed by atoms with Crippen molar-refractivity contribution in [1.29, 1.82) is 0 Å². The van der Waals surface area contributed by atoms with Crippen LogP contribution in [0.1, 0.15) is 69.8 Å². The average Bonchev–Trinajstić information content (AvgIpc) is 2.74. The number of alkyl carbamates (subject to hydrolysis) is 1. The molecule has 0 saturated carbocycles. The van der Waals surface area contributed by atoms with Gasteiger partial charge in [0, 0.05) is 18.0 Å². The number of benzene rings is 2. The zero-order valence-corrected chi connectivity index (χ0v) is 23.5. The highest BCUT2D eigenvalue weighted by molar-refractivity contribution is 5.93. The predicted octanol–water partition coefficient (Wildman–Crippen LogP) is 4.52. The van der Waals surface area contributed by atoms with Gasteiger partial charge in [-0.05, 0) is 78.6 Å². The number of carbonyl (C=O) groups excluding carboxylic acids is 3. The lowest BCUT2D eigenvalue weighted by Gasteiger charge is -2.32. The van der Waals surface area contributed by atoms with Crippen LogP contribution < -0.4 is 10.6 Å². The van der Waals surface area contributed by atoms with Crippen molar-refractivity contribution in [3.05, 3.63) is 64.7 Å². The van der Waals surface area contributed by atoms with Crippen LogP contribution in [0.5, 0.6) is 5.75 Å². The summed E-state index contributed by atoms with van der Waals surface area (Å²) in [5, 5.41) is 15.2. The average molecular weight is 522 g/mol. The van der Waals surface area contributed by atoms with Crippen LogP contribution in [0, 0.1) is 26.3 Å². The number of nitrogens with one attached hydrogen (secondary N) is 2. The van der Waals surface area contributed by atoms with Gasteiger partial charge in [0.1, 0.15) is 23.4 Å². The molecule has 38 heavy (non-hydrogen) atoms. The maximum absolute atomic E-state index is 14.0. The number of phenolic OH excluding ortho intramolecular Hbond substituents is 1. The number of hydrogen-bond acceptors (Lipinski definition) is 5. The summed E-state index contributed by atoms with van der Waals surface area (Å²) in [6.45, 7) is 14.4. The van der Waals surface area contributed by atoms with Crippen molar-refractivity contribution >= 4 is 17.9 Å². The first kappa shape index (κ1) is 30.2. The van der Waals surface area contributed by atoms with E-state index in [1.54, 1.807) is 32.9 Å². The summed E-state index contributed by atoms with van der Waals surface area (Å²) in [6.07, 6.45) is 5.13. The number of aryl methyl sites for hydroxylation is 2. The monoisotopic (exact) mass is 521 g/mol. The quantitative estimate of drug-likeness (QED) is 0.367. The van der Waals surface area contributed by atoms with E-state index in [0.717, 1.165) is 16.0 Å². The Balaban J connectivity index is 2.55. The van der Waals surface area contributed by atoms with Gasteiger partial charge in [-0.2, -0.15) is 0 Å². The largest absolute Gasteiger partial charge is 0.508 e. The number of nitrogens with zero attached hydrogens (tertiary/aromatic N) is 1. The third-order valence-corrected chi connectivity index (χ3v) is 5.31. The van der Waals surface area contributed by atoms with Crippen molar-refractivity contribution in [2.45, 2.75) is 85.0 Å². The van der Waals surface area contributed by atoms with Crippen molar-refractivity contribution in [3.8, 4) is 18.2 Å². The highest BCUT2D eigenvalue weighted by atomic mass is 16.6. The summed E-state index contributed by atoms with van der Waals surface area (Å²) >= 11 is 0. The lowest BCUT2D eigenvalue weighted by Crippen LogP contribution is -2.53. The van der Waals surface area contributed by atoms with Crippen LogP contribution in [-0.2, 0) is 20.7 Å². The number of ether oxygens (including phenoxy) is 1. The predicted molar refractivity (Wildman–Crippen MR) is 147 cm³/mol. The molecule has 2 unspecified atom stereocenters. The van der Waals surface area contributed by atoms with Crippen LogP contribution in [0.2, 0.25) is 0 Å². The van der Waals surface area contributed by atoms with Gasteiger partial charge in [-0.25, -0.2) is 4.79 Å². The van der Waals surface area contributed by atoms with E-state index in [0.29, 0.717) is 11.1 Å². The molecule has 3 N–H and O–H groups in total. The molecule has 0 spiro atoms. The van der Waals surface area contributed by atoms with E-state index in [1.165, 1.54) is 12.1 Å². The molecule has 0 aromatic heterocycles. The van der Waals surface area contributed by atoms with Crippen LogP contribution in [0.4, 0.5) is 4.79 Å². The minimum absolute atomic E-state index is 0.0526. The summed E-state index contributed by atoms with van der Waals surface area (Å²) in [5.41, 5.74) is 1.65. The van der Waals surface area contributed by atoms with Gasteiger partial charge in [0.15, 0.2) is 0 Å². The fourth-order valence-corrected chi connectivity index (χ4v) is 3.97. The van der Waals surface area contributed by atoms with Crippen LogP contribution in [0.15, 0.2) is 42.5 Å². The molecule has 0 aliphatic heterocycles. The summed E-state index contributed by atoms with van der Waals surface area (Å²) in [7, 11) is 0. The van der Waals surface area contributed by atoms with Gasteiger partial charge < -0.3 is 20.5 Å². The van der Waals surface area contributed by atoms with Crippen molar-refractivity contribution in [1.82, 2.24) is 15.5 Å². The number of hydrogen-bond donors (Lipinski definition) is 3. The topological polar surface area (TPSA) is 108 Å². The second-order valence-electron chi connectivity index (χ2n) is 11.5. The number of terminal acetylenes is 1. The summed E-state index contributed by atoms with van der Waals surface area (Å²) in [4.78, 5) is 41.3. The molecule has 0 saturated heterocycles. The lowest BCUT2D eigenvalue weighted by atomic mass is 9.97. The molecule has 2 aromatic rings. The SMILES string of the molecule is C#CN(C(=O)C(Cc1ccc(O)cc1)NC(=O)OC(C)(C)C)C(C(=O)NC(C)(C)C)c1cc(C)cc(C)c1. The second-order valence-corrected chi connectivity index (χ2v) is 11.5. The van der Waals surface area contributed by atoms with Gasteiger partial charge in [-0.15, -0.1) is 0 Å². The Bertz CT molecular complexity index is 1180. The van der Waals surface area contributed by atoms with Gasteiger partial charge in [0.25, 0.3) is 5.91 Å². The Morgan fingerprint density at radius 3 is 2.03 bits per heavy atom. The molecule has 8 nitrogen and oxygen atoms in total. The first-order valence-electron chi connectivity index (χ1n) is 12.5. The molecule has 2 atom stereocenters. The second kappa shape index (κ2) is 12.0. The van der Waals surface area contributed by atoms with E-state index in [4.69, 9.17) is 11.2 Å². The Morgan fingerprint density at radius 2 is 1.55 bits per heavy atom. The minimum Gasteiger partial charge on any atom is -0.508 e. The molecule has 8 heteroatoms. The highest BCUT2D eigenvalue weighted by Gasteiger charge is 2.37. The third kappa shape index (κ3) is 9.15. The summed E-state index contributed by atoms with van der Waals surface area (Å²) in [5.74, 6) is -1.04. The number of phenols is 1. The maximum Gasteiger partial charge on any atom is 0.408 e. The fraction of sp³-hybridized carbons (Fsp3) is 0.433. The third-order valence-electron chi connectivity index (χ3n) is 5.31. The molecule has 0 heterocycles. The molecule has 0 aliphatic rings. The van der Waals surface area contributed by atoms with E-state index in [-0.39, 0.29) is 12.2 Å². The molecule has 0 radical (unpaired) electrons. The van der Waals surface area contributed by atoms with Crippen molar-refractivity contribution in [3.63, 3.8) is 0 Å². The van der Waals surface area contributed by atoms with E-state index >= 15 is 0 Å². The zero-order chi connectivity index (χ0) is 28.8. The molecule has 0 aliphatic carbocycles. The maximum atomic E-state index is 14.0. The summed E-state index contributed by atoms with van der Waals surface area (Å²) in [6, 6.07) is 11.9. The molecule has 0 fully saturated rings. The van der Waals surface area contributed by atoms with Crippen molar-refractivity contribution in [2.75, 3.05) is 0 Å². The van der Waals surface area contributed by atoms with E-state index in [2.05, 4.69) is 16.7 Å². The van der Waals surface area contributed by atoms with Crippen molar-refractivity contribution in [2.24, 2.45) is 0 Å². The molecule has 204 valence electrons. The van der Waals surface area contributed by atoms with Gasteiger partial charge in [0.05, 0.1) is 0 Å². The Morgan fingerprint density at radius 1 is 1.00 bits per heavy atom. The summed E-state index contributed by atoms with van der Waals surface area (Å²) < 4.78 is 5.39. The lowest BCUT2D eigenvalue weighted by molar-refractivity contribution is -0.139. The van der Waals surface area contributed by atoms with Crippen LogP contribution in [-0.4, -0.2) is 45.1 Å². The first-order chi connectivity index (χ1) is 17.5. The van der Waals surface area contributed by atoms with E-state index in [1.807, 2.05) is 52.8 Å². The molecule has 3 amide bonds. The molecule has 2 aromatic carbocycles. The van der Waals surface area contributed by atoms with Crippen LogP contribution in [0.25, 0.3) is 0 Å². The van der Waals surface area contributed by atoms with Gasteiger partial charge in [0.2, 0.25) is 5.91 Å². The fourth-order valence-electron chi connectivity index (χ4n) is 3.97. The number of amides is 3. The van der Waals surface area contributed by atoms with Crippen LogP contribution >= 0.6 is 0 Å². The zero-order valence-electron chi connectivity index (χ0n) is 23.5. The number of rotatable bonds is 7. The van der Waals surface area contributed by atoms with Crippen LogP contribution in [0.3, 0.4) is 0 Å². The number of aromatic hydroxyl groups is 1. The normalized spacial score (nSPS) is 13.0. The minimum atomic E-state index is -1.15. The standard InChI is InChI=1S/C30H39N3O5/c1-10-33(25(26(35)32-29(4,5)6)22-16-19(2)15-20(3)17-22)27(36)24(31-28(37)38-30(7,8)9)18-21-11-13-23(34)14-12-21/h1,11-17,24-25,34H,18H2,2-9H3,(H,31,37)(H,32,35). The number of carbonyl (C=O) groups is 3. The van der Waals surface area contributed by atoms with Crippen molar-refractivity contribution < 1.29 is 24.2 Å². The van der Waals surface area contributed by atoms with Gasteiger partial charge >= 0.3 is 6.09 Å². The highest BCUT2D eigenvalue weighted by Crippen LogP contribution is 2.26. The Labute approximate surface area is 225 Å². The molecular weight excluding hydrogens is 482 g/mol. The molecular formula is C30H39N3O5. The smallest absolute Gasteiger partial charge is 0.408 e. The Hall–Kier alpha value is -3.99. The van der Waals surface area contributed by atoms with Gasteiger partial charge in [-0.1, -0.05) is 47.9 Å². The van der Waals surface area contributed by atoms with E-state index < -0.39 is 41.1 Å². The Kier molecular flexibility index (Phi) is 9.58. The van der Waals surface area contributed by atoms with Gasteiger partial charge in [-0.3, -0.25) is 14.5 Å². The first-order valence-corrected chi connectivity index (χ1v) is 12.5. The van der Waals surface area contributed by atoms with E-state index in [9.17, 15) is 19.5 Å². The molecule has 2 rings (SSSR count). The molecule has 0 bridgehead atoms.